The summed E-state index contributed by atoms with van der Waals surface area (Å²) in [6.45, 7) is 7.12. The molecule has 0 aromatic heterocycles. The molecule has 5 atom stereocenters. The molecule has 0 amide bonds. The van der Waals surface area contributed by atoms with E-state index in [0.717, 1.165) is 36.2 Å². The number of hydrogen-bond acceptors (Lipinski definition) is 3. The summed E-state index contributed by atoms with van der Waals surface area (Å²) in [5.74, 6) is 4.19. The number of benzene rings is 1. The molecular weight excluding hydrogens is 314 g/mol. The number of rotatable bonds is 5. The number of fused-ring (bicyclic) bond motifs is 1. The van der Waals surface area contributed by atoms with E-state index < -0.39 is 0 Å². The van der Waals surface area contributed by atoms with Gasteiger partial charge in [-0.1, -0.05) is 6.92 Å². The molecule has 136 valence electrons. The third kappa shape index (κ3) is 3.42. The largest absolute Gasteiger partial charge is 0.494 e. The Bertz CT molecular complexity index is 688. The number of nitrogens with zero attached hydrogens (tertiary/aromatic N) is 1. The van der Waals surface area contributed by atoms with Crippen LogP contribution in [0.5, 0.6) is 11.5 Å². The lowest BCUT2D eigenvalue weighted by molar-refractivity contribution is 0.254. The Hall–Kier alpha value is -1.91. The van der Waals surface area contributed by atoms with Crippen LogP contribution in [0, 0.1) is 5.92 Å². The summed E-state index contributed by atoms with van der Waals surface area (Å²) in [4.78, 5) is 4.38. The van der Waals surface area contributed by atoms with Crippen LogP contribution in [0.4, 0.5) is 0 Å². The van der Waals surface area contributed by atoms with Gasteiger partial charge in [-0.15, -0.1) is 0 Å². The molecule has 0 saturated heterocycles. The van der Waals surface area contributed by atoms with Crippen molar-refractivity contribution < 1.29 is 9.47 Å². The average molecular weight is 343 g/mol. The highest BCUT2D eigenvalue weighted by Gasteiger charge is 2.42. The molecule has 4 rings (SSSR count). The van der Waals surface area contributed by atoms with Crippen molar-refractivity contribution >= 4 is 5.96 Å². The molecule has 1 aromatic carbocycles. The Morgan fingerprint density at radius 2 is 2.00 bits per heavy atom. The number of aliphatic imine (C=N–C) groups is 1. The van der Waals surface area contributed by atoms with Gasteiger partial charge in [0.2, 0.25) is 0 Å². The van der Waals surface area contributed by atoms with Crippen LogP contribution in [0.15, 0.2) is 17.1 Å². The predicted molar refractivity (Wildman–Crippen MR) is 99.8 cm³/mol. The summed E-state index contributed by atoms with van der Waals surface area (Å²) in [5, 5.41) is 7.07. The SMILES string of the molecule is CCOc1cc2c(cc1C1CC1NC(=NC)NC1CC1C)OC(C)C2. The number of guanidine groups is 1. The van der Waals surface area contributed by atoms with Gasteiger partial charge in [-0.05, 0) is 44.7 Å². The van der Waals surface area contributed by atoms with Gasteiger partial charge in [-0.2, -0.15) is 0 Å². The standard InChI is InChI=1S/C20H29N3O2/c1-5-24-19-8-13-7-12(3)25-18(13)10-15(19)14-9-17(14)23-20(21-4)22-16-6-11(16)2/h8,10-12,14,16-17H,5-7,9H2,1-4H3,(H2,21,22,23). The van der Waals surface area contributed by atoms with Crippen LogP contribution in [0.2, 0.25) is 0 Å². The second kappa shape index (κ2) is 6.43. The van der Waals surface area contributed by atoms with Gasteiger partial charge >= 0.3 is 0 Å². The van der Waals surface area contributed by atoms with Gasteiger partial charge in [0.25, 0.3) is 0 Å². The fraction of sp³-hybridized carbons (Fsp3) is 0.650. The van der Waals surface area contributed by atoms with Crippen molar-refractivity contribution in [3.8, 4) is 11.5 Å². The maximum atomic E-state index is 5.96. The molecule has 0 radical (unpaired) electrons. The zero-order valence-electron chi connectivity index (χ0n) is 15.6. The Kier molecular flexibility index (Phi) is 4.26. The van der Waals surface area contributed by atoms with E-state index in [1.165, 1.54) is 17.5 Å². The first-order valence-electron chi connectivity index (χ1n) is 9.55. The Labute approximate surface area is 150 Å². The first-order chi connectivity index (χ1) is 12.1. The molecule has 3 aliphatic rings. The van der Waals surface area contributed by atoms with Crippen molar-refractivity contribution in [2.45, 2.75) is 64.1 Å². The van der Waals surface area contributed by atoms with E-state index in [-0.39, 0.29) is 6.10 Å². The molecular formula is C20H29N3O2. The fourth-order valence-electron chi connectivity index (χ4n) is 3.77. The van der Waals surface area contributed by atoms with Crippen molar-refractivity contribution in [3.05, 3.63) is 23.3 Å². The molecule has 5 unspecified atom stereocenters. The number of nitrogens with one attached hydrogen (secondary N) is 2. The van der Waals surface area contributed by atoms with E-state index in [9.17, 15) is 0 Å². The fourth-order valence-corrected chi connectivity index (χ4v) is 3.77. The van der Waals surface area contributed by atoms with Crippen molar-refractivity contribution in [2.75, 3.05) is 13.7 Å². The van der Waals surface area contributed by atoms with Crippen LogP contribution >= 0.6 is 0 Å². The van der Waals surface area contributed by atoms with Crippen LogP contribution in [-0.4, -0.2) is 37.8 Å². The third-order valence-corrected chi connectivity index (χ3v) is 5.50. The van der Waals surface area contributed by atoms with E-state index in [0.29, 0.717) is 24.6 Å². The minimum Gasteiger partial charge on any atom is -0.494 e. The number of ether oxygens (including phenoxy) is 2. The van der Waals surface area contributed by atoms with E-state index >= 15 is 0 Å². The molecule has 5 heteroatoms. The van der Waals surface area contributed by atoms with Crippen LogP contribution in [-0.2, 0) is 6.42 Å². The van der Waals surface area contributed by atoms with Crippen LogP contribution in [0.3, 0.4) is 0 Å². The zero-order valence-corrected chi connectivity index (χ0v) is 15.6. The topological polar surface area (TPSA) is 54.9 Å². The molecule has 1 aromatic rings. The van der Waals surface area contributed by atoms with E-state index in [1.807, 2.05) is 14.0 Å². The van der Waals surface area contributed by atoms with Crippen molar-refractivity contribution in [1.82, 2.24) is 10.6 Å². The lowest BCUT2D eigenvalue weighted by Gasteiger charge is -2.14. The minimum absolute atomic E-state index is 0.261. The van der Waals surface area contributed by atoms with E-state index in [2.05, 4.69) is 41.6 Å². The zero-order chi connectivity index (χ0) is 17.6. The van der Waals surface area contributed by atoms with E-state index in [4.69, 9.17) is 9.47 Å². The Morgan fingerprint density at radius 1 is 1.24 bits per heavy atom. The van der Waals surface area contributed by atoms with Gasteiger partial charge in [0.1, 0.15) is 17.6 Å². The lowest BCUT2D eigenvalue weighted by atomic mass is 10.0. The first kappa shape index (κ1) is 16.6. The molecule has 1 heterocycles. The van der Waals surface area contributed by atoms with Gasteiger partial charge in [0.15, 0.2) is 5.96 Å². The molecule has 2 fully saturated rings. The maximum absolute atomic E-state index is 5.96. The quantitative estimate of drug-likeness (QED) is 0.638. The summed E-state index contributed by atoms with van der Waals surface area (Å²) in [6.07, 6.45) is 3.58. The summed E-state index contributed by atoms with van der Waals surface area (Å²) < 4.78 is 11.9. The van der Waals surface area contributed by atoms with Gasteiger partial charge in [-0.3, -0.25) is 4.99 Å². The summed E-state index contributed by atoms with van der Waals surface area (Å²) in [5.41, 5.74) is 2.53. The molecule has 25 heavy (non-hydrogen) atoms. The Balaban J connectivity index is 1.46. The lowest BCUT2D eigenvalue weighted by Crippen LogP contribution is -2.40. The highest BCUT2D eigenvalue weighted by molar-refractivity contribution is 5.81. The van der Waals surface area contributed by atoms with Crippen LogP contribution in [0.25, 0.3) is 0 Å². The molecule has 2 saturated carbocycles. The average Bonchev–Trinajstić information content (AvgIpc) is 3.46. The Morgan fingerprint density at radius 3 is 2.68 bits per heavy atom. The molecule has 2 N–H and O–H groups in total. The molecule has 2 aliphatic carbocycles. The summed E-state index contributed by atoms with van der Waals surface area (Å²) >= 11 is 0. The van der Waals surface area contributed by atoms with Crippen molar-refractivity contribution in [1.29, 1.82) is 0 Å². The predicted octanol–water partition coefficient (Wildman–Crippen LogP) is 2.84. The first-order valence-corrected chi connectivity index (χ1v) is 9.55. The minimum atomic E-state index is 0.261. The highest BCUT2D eigenvalue weighted by atomic mass is 16.5. The molecule has 5 nitrogen and oxygen atoms in total. The van der Waals surface area contributed by atoms with Crippen LogP contribution in [0.1, 0.15) is 50.7 Å². The monoisotopic (exact) mass is 343 g/mol. The normalized spacial score (nSPS) is 32.6. The number of hydrogen-bond donors (Lipinski definition) is 2. The highest BCUT2D eigenvalue weighted by Crippen LogP contribution is 2.48. The maximum Gasteiger partial charge on any atom is 0.191 e. The van der Waals surface area contributed by atoms with Gasteiger partial charge in [0.05, 0.1) is 6.61 Å². The van der Waals surface area contributed by atoms with E-state index in [1.54, 1.807) is 0 Å². The second-order valence-corrected chi connectivity index (χ2v) is 7.69. The summed E-state index contributed by atoms with van der Waals surface area (Å²) in [6, 6.07) is 5.38. The molecule has 1 aliphatic heterocycles. The van der Waals surface area contributed by atoms with Crippen LogP contribution < -0.4 is 20.1 Å². The second-order valence-electron chi connectivity index (χ2n) is 7.69. The smallest absolute Gasteiger partial charge is 0.191 e. The van der Waals surface area contributed by atoms with Gasteiger partial charge in [-0.25, -0.2) is 0 Å². The van der Waals surface area contributed by atoms with Gasteiger partial charge in [0, 0.05) is 42.6 Å². The van der Waals surface area contributed by atoms with Crippen molar-refractivity contribution in [3.63, 3.8) is 0 Å². The molecule has 0 bridgehead atoms. The van der Waals surface area contributed by atoms with Crippen molar-refractivity contribution in [2.24, 2.45) is 10.9 Å². The third-order valence-electron chi connectivity index (χ3n) is 5.50. The molecule has 0 spiro atoms. The summed E-state index contributed by atoms with van der Waals surface area (Å²) in [7, 11) is 1.84. The van der Waals surface area contributed by atoms with Gasteiger partial charge < -0.3 is 20.1 Å².